The zero-order chi connectivity index (χ0) is 6.57. The summed E-state index contributed by atoms with van der Waals surface area (Å²) in [6.45, 7) is 7.43. The van der Waals surface area contributed by atoms with E-state index in [2.05, 4.69) is 38.9 Å². The molecule has 1 nitrogen and oxygen atoms in total. The van der Waals surface area contributed by atoms with Crippen molar-refractivity contribution in [3.8, 4) is 0 Å². The number of nitrogens with zero attached hydrogens (tertiary/aromatic N) is 1. The largest absolute Gasteiger partial charge is 0.381 e. The molecule has 8 heavy (non-hydrogen) atoms. The summed E-state index contributed by atoms with van der Waals surface area (Å²) >= 11 is 0. The Balaban J connectivity index is 3.51. The summed E-state index contributed by atoms with van der Waals surface area (Å²) in [5.41, 5.74) is 1.36. The lowest BCUT2D eigenvalue weighted by atomic mass is 10.4. The second kappa shape index (κ2) is 3.53. The smallest absolute Gasteiger partial charge is 0.0140 e. The van der Waals surface area contributed by atoms with Crippen LogP contribution in [0.2, 0.25) is 0 Å². The molecule has 0 fully saturated rings. The van der Waals surface area contributed by atoms with E-state index in [1.54, 1.807) is 0 Å². The quantitative estimate of drug-likeness (QED) is 0.528. The Kier molecular flexibility index (Phi) is 3.33. The van der Waals surface area contributed by atoms with Gasteiger partial charge in [-0.1, -0.05) is 5.57 Å². The van der Waals surface area contributed by atoms with Crippen LogP contribution in [-0.4, -0.2) is 18.5 Å². The van der Waals surface area contributed by atoms with Crippen LogP contribution >= 0.6 is 0 Å². The summed E-state index contributed by atoms with van der Waals surface area (Å²) in [6.07, 6.45) is 2.14. The predicted molar refractivity (Wildman–Crippen MR) is 37.7 cm³/mol. The van der Waals surface area contributed by atoms with Gasteiger partial charge in [0.2, 0.25) is 0 Å². The first-order valence-electron chi connectivity index (χ1n) is 3.02. The van der Waals surface area contributed by atoms with Crippen molar-refractivity contribution >= 4 is 0 Å². The Morgan fingerprint density at radius 1 is 1.50 bits per heavy atom. The van der Waals surface area contributed by atoms with E-state index < -0.39 is 0 Å². The number of allylic oxidation sites excluding steroid dienone is 1. The number of hydrogen-bond donors (Lipinski definition) is 0. The lowest BCUT2D eigenvalue weighted by molar-refractivity contribution is 0.480. The number of rotatable bonds is 2. The average molecular weight is 113 g/mol. The minimum Gasteiger partial charge on any atom is -0.381 e. The molecule has 0 aliphatic rings. The van der Waals surface area contributed by atoms with E-state index in [0.717, 1.165) is 6.54 Å². The molecule has 0 unspecified atom stereocenters. The van der Waals surface area contributed by atoms with Gasteiger partial charge in [-0.2, -0.15) is 0 Å². The second-order valence-electron chi connectivity index (χ2n) is 2.28. The molecular weight excluding hydrogens is 98.1 g/mol. The Bertz CT molecular complexity index is 80.4. The second-order valence-corrected chi connectivity index (χ2v) is 2.28. The Morgan fingerprint density at radius 2 is 2.00 bits per heavy atom. The van der Waals surface area contributed by atoms with E-state index >= 15 is 0 Å². The molecule has 0 amide bonds. The first-order valence-corrected chi connectivity index (χ1v) is 3.02. The van der Waals surface area contributed by atoms with Crippen molar-refractivity contribution in [3.05, 3.63) is 11.8 Å². The van der Waals surface area contributed by atoms with Gasteiger partial charge in [-0.05, 0) is 27.0 Å². The van der Waals surface area contributed by atoms with Crippen LogP contribution in [0.5, 0.6) is 0 Å². The summed E-state index contributed by atoms with van der Waals surface area (Å²) in [4.78, 5) is 2.16. The van der Waals surface area contributed by atoms with Crippen molar-refractivity contribution in [1.82, 2.24) is 4.90 Å². The van der Waals surface area contributed by atoms with E-state index in [-0.39, 0.29) is 0 Å². The standard InChI is InChI=1S/C7H15N/c1-5-8(4)6-7(2)3/h6H,5H2,1-4H3. The normalized spacial score (nSPS) is 8.50. The third-order valence-corrected chi connectivity index (χ3v) is 0.977. The summed E-state index contributed by atoms with van der Waals surface area (Å²) in [5, 5.41) is 0. The molecular formula is C7H15N. The molecule has 0 aromatic heterocycles. The zero-order valence-corrected chi connectivity index (χ0v) is 6.23. The monoisotopic (exact) mass is 113 g/mol. The van der Waals surface area contributed by atoms with Gasteiger partial charge >= 0.3 is 0 Å². The lowest BCUT2D eigenvalue weighted by Crippen LogP contribution is -2.08. The van der Waals surface area contributed by atoms with Gasteiger partial charge < -0.3 is 4.90 Å². The molecule has 0 radical (unpaired) electrons. The van der Waals surface area contributed by atoms with Crippen molar-refractivity contribution in [3.63, 3.8) is 0 Å². The molecule has 0 saturated carbocycles. The summed E-state index contributed by atoms with van der Waals surface area (Å²) < 4.78 is 0. The van der Waals surface area contributed by atoms with Crippen LogP contribution in [0.3, 0.4) is 0 Å². The molecule has 0 spiro atoms. The van der Waals surface area contributed by atoms with Crippen LogP contribution in [0.25, 0.3) is 0 Å². The van der Waals surface area contributed by atoms with Gasteiger partial charge in [0.15, 0.2) is 0 Å². The van der Waals surface area contributed by atoms with Gasteiger partial charge in [-0.15, -0.1) is 0 Å². The molecule has 1 heteroatoms. The van der Waals surface area contributed by atoms with E-state index in [4.69, 9.17) is 0 Å². The molecule has 0 bridgehead atoms. The maximum absolute atomic E-state index is 2.16. The average Bonchev–Trinajstić information content (AvgIpc) is 1.65. The first-order chi connectivity index (χ1) is 3.66. The van der Waals surface area contributed by atoms with Crippen LogP contribution < -0.4 is 0 Å². The van der Waals surface area contributed by atoms with Crippen LogP contribution in [0.1, 0.15) is 20.8 Å². The first kappa shape index (κ1) is 7.54. The molecule has 0 saturated heterocycles. The maximum Gasteiger partial charge on any atom is 0.0140 e. The molecule has 0 N–H and O–H groups in total. The van der Waals surface area contributed by atoms with Gasteiger partial charge in [-0.3, -0.25) is 0 Å². The van der Waals surface area contributed by atoms with Crippen LogP contribution in [0.4, 0.5) is 0 Å². The highest BCUT2D eigenvalue weighted by molar-refractivity contribution is 4.91. The highest BCUT2D eigenvalue weighted by Gasteiger charge is 1.82. The topological polar surface area (TPSA) is 3.24 Å². The fourth-order valence-corrected chi connectivity index (χ4v) is 0.532. The summed E-state index contributed by atoms with van der Waals surface area (Å²) in [7, 11) is 2.08. The summed E-state index contributed by atoms with van der Waals surface area (Å²) in [6, 6.07) is 0. The third kappa shape index (κ3) is 3.72. The van der Waals surface area contributed by atoms with E-state index in [9.17, 15) is 0 Å². The van der Waals surface area contributed by atoms with Crippen molar-refractivity contribution in [1.29, 1.82) is 0 Å². The minimum atomic E-state index is 1.09. The highest BCUT2D eigenvalue weighted by atomic mass is 15.1. The molecule has 0 heterocycles. The Morgan fingerprint density at radius 3 is 2.12 bits per heavy atom. The highest BCUT2D eigenvalue weighted by Crippen LogP contribution is 1.90. The molecule has 48 valence electrons. The molecule has 0 aromatic carbocycles. The minimum absolute atomic E-state index is 1.09. The van der Waals surface area contributed by atoms with Crippen molar-refractivity contribution in [2.45, 2.75) is 20.8 Å². The Labute approximate surface area is 52.0 Å². The Hall–Kier alpha value is -0.460. The lowest BCUT2D eigenvalue weighted by Gasteiger charge is -2.09. The fourth-order valence-electron chi connectivity index (χ4n) is 0.532. The number of hydrogen-bond acceptors (Lipinski definition) is 1. The van der Waals surface area contributed by atoms with E-state index in [1.165, 1.54) is 5.57 Å². The molecule has 0 aliphatic heterocycles. The van der Waals surface area contributed by atoms with E-state index in [0.29, 0.717) is 0 Å². The van der Waals surface area contributed by atoms with Gasteiger partial charge in [-0.25, -0.2) is 0 Å². The third-order valence-electron chi connectivity index (χ3n) is 0.977. The van der Waals surface area contributed by atoms with Crippen LogP contribution in [-0.2, 0) is 0 Å². The fraction of sp³-hybridized carbons (Fsp3) is 0.714. The summed E-state index contributed by atoms with van der Waals surface area (Å²) in [5.74, 6) is 0. The SMILES string of the molecule is CCN(C)C=C(C)C. The molecule has 0 aliphatic carbocycles. The van der Waals surface area contributed by atoms with E-state index in [1.807, 2.05) is 0 Å². The van der Waals surface area contributed by atoms with Crippen molar-refractivity contribution < 1.29 is 0 Å². The van der Waals surface area contributed by atoms with Crippen LogP contribution in [0, 0.1) is 0 Å². The van der Waals surface area contributed by atoms with Gasteiger partial charge in [0, 0.05) is 13.6 Å². The molecule has 0 aromatic rings. The predicted octanol–water partition coefficient (Wildman–Crippen LogP) is 1.86. The van der Waals surface area contributed by atoms with Crippen molar-refractivity contribution in [2.75, 3.05) is 13.6 Å². The van der Waals surface area contributed by atoms with Crippen LogP contribution in [0.15, 0.2) is 11.8 Å². The molecule has 0 rings (SSSR count). The molecule has 0 atom stereocenters. The van der Waals surface area contributed by atoms with Gasteiger partial charge in [0.1, 0.15) is 0 Å². The zero-order valence-electron chi connectivity index (χ0n) is 6.23. The van der Waals surface area contributed by atoms with Gasteiger partial charge in [0.05, 0.1) is 0 Å². The van der Waals surface area contributed by atoms with Gasteiger partial charge in [0.25, 0.3) is 0 Å². The maximum atomic E-state index is 2.16. The van der Waals surface area contributed by atoms with Crippen molar-refractivity contribution in [2.24, 2.45) is 0 Å².